The van der Waals surface area contributed by atoms with Crippen LogP contribution in [0.1, 0.15) is 70.4 Å². The normalized spacial score (nSPS) is 14.3. The summed E-state index contributed by atoms with van der Waals surface area (Å²) in [6.07, 6.45) is 10.5. The molecule has 1 aliphatic rings. The van der Waals surface area contributed by atoms with Crippen LogP contribution < -0.4 is 21.7 Å². The predicted molar refractivity (Wildman–Crippen MR) is 185 cm³/mol. The van der Waals surface area contributed by atoms with Crippen LogP contribution in [0.4, 0.5) is 0 Å². The number of hydrogen-bond acceptors (Lipinski definition) is 9. The van der Waals surface area contributed by atoms with Crippen molar-refractivity contribution in [3.8, 4) is 0 Å². The molecule has 1 unspecified atom stereocenters. The molecule has 0 radical (unpaired) electrons. The molecule has 5 aromatic rings. The number of pyridine rings is 2. The second-order valence-electron chi connectivity index (χ2n) is 11.6. The second kappa shape index (κ2) is 17.7. The maximum absolute atomic E-state index is 12.6. The van der Waals surface area contributed by atoms with E-state index in [1.807, 2.05) is 48.7 Å². The number of nitrogens with zero attached hydrogens (tertiary/aromatic N) is 4. The van der Waals surface area contributed by atoms with Gasteiger partial charge in [-0.2, -0.15) is 0 Å². The molecule has 1 aliphatic carbocycles. The average molecular weight is 647 g/mol. The van der Waals surface area contributed by atoms with Crippen LogP contribution >= 0.6 is 0 Å². The molecule has 1 amide bonds. The van der Waals surface area contributed by atoms with Crippen LogP contribution in [0.2, 0.25) is 0 Å². The lowest BCUT2D eigenvalue weighted by Gasteiger charge is -2.25. The van der Waals surface area contributed by atoms with E-state index < -0.39 is 17.9 Å². The van der Waals surface area contributed by atoms with Gasteiger partial charge in [0.15, 0.2) is 0 Å². The highest BCUT2D eigenvalue weighted by Crippen LogP contribution is 2.27. The van der Waals surface area contributed by atoms with Gasteiger partial charge in [-0.1, -0.05) is 54.6 Å². The van der Waals surface area contributed by atoms with E-state index >= 15 is 0 Å². The highest BCUT2D eigenvalue weighted by molar-refractivity contribution is 5.94. The van der Waals surface area contributed by atoms with Crippen molar-refractivity contribution in [1.29, 1.82) is 0 Å². The Morgan fingerprint density at radius 2 is 1.69 bits per heavy atom. The third kappa shape index (κ3) is 9.71. The Bertz CT molecular complexity index is 1760. The third-order valence-corrected chi connectivity index (χ3v) is 8.24. The van der Waals surface area contributed by atoms with Gasteiger partial charge in [0.2, 0.25) is 0 Å². The molecule has 0 saturated carbocycles. The van der Waals surface area contributed by atoms with Crippen molar-refractivity contribution in [2.75, 3.05) is 6.54 Å². The minimum absolute atomic E-state index is 0.0812. The van der Waals surface area contributed by atoms with Gasteiger partial charge < -0.3 is 26.8 Å². The summed E-state index contributed by atoms with van der Waals surface area (Å²) in [5, 5.41) is 21.4. The fourth-order valence-corrected chi connectivity index (χ4v) is 5.74. The van der Waals surface area contributed by atoms with Gasteiger partial charge >= 0.3 is 5.97 Å². The number of aromatic nitrogens is 4. The van der Waals surface area contributed by atoms with Gasteiger partial charge in [-0.3, -0.25) is 19.7 Å². The van der Waals surface area contributed by atoms with E-state index in [-0.39, 0.29) is 11.7 Å². The van der Waals surface area contributed by atoms with E-state index in [1.165, 1.54) is 34.3 Å². The van der Waals surface area contributed by atoms with Crippen molar-refractivity contribution < 1.29 is 14.7 Å². The minimum Gasteiger partial charge on any atom is -0.480 e. The lowest BCUT2D eigenvalue weighted by Crippen LogP contribution is -2.41. The number of aliphatic carboxylic acids is 1. The fraction of sp³-hybridized carbons (Fsp3) is 0.297. The number of fused-ring (bicyclic) bond motifs is 2. The second-order valence-corrected chi connectivity index (χ2v) is 11.6. The molecule has 2 aromatic carbocycles. The monoisotopic (exact) mass is 646 g/mol. The molecule has 2 atom stereocenters. The summed E-state index contributed by atoms with van der Waals surface area (Å²) < 4.78 is 0. The van der Waals surface area contributed by atoms with E-state index in [4.69, 9.17) is 5.73 Å². The number of benzene rings is 2. The molecule has 0 aliphatic heterocycles. The average Bonchev–Trinajstić information content (AvgIpc) is 3.13. The summed E-state index contributed by atoms with van der Waals surface area (Å²) in [6, 6.07) is 23.5. The number of nitrogens with one attached hydrogen (secondary N) is 3. The molecule has 48 heavy (non-hydrogen) atoms. The van der Waals surface area contributed by atoms with Gasteiger partial charge in [0, 0.05) is 38.1 Å². The summed E-state index contributed by atoms with van der Waals surface area (Å²) in [5.41, 5.74) is 10.9. The smallest absolute Gasteiger partial charge is 0.326 e. The van der Waals surface area contributed by atoms with Crippen molar-refractivity contribution >= 4 is 22.6 Å². The molecule has 0 fully saturated rings. The number of carbonyl (C=O) groups is 2. The van der Waals surface area contributed by atoms with Crippen LogP contribution in [-0.4, -0.2) is 49.5 Å². The number of amides is 1. The zero-order valence-corrected chi connectivity index (χ0v) is 26.9. The van der Waals surface area contributed by atoms with Crippen LogP contribution in [0.3, 0.4) is 0 Å². The molecule has 6 N–H and O–H groups in total. The van der Waals surface area contributed by atoms with Gasteiger partial charge in [0.05, 0.1) is 29.5 Å². The number of rotatable bonds is 13. The lowest BCUT2D eigenvalue weighted by molar-refractivity contribution is -0.139. The molecule has 0 spiro atoms. The summed E-state index contributed by atoms with van der Waals surface area (Å²) in [5.74, 6) is -1.63. The molecule has 0 saturated heterocycles. The third-order valence-electron chi connectivity index (χ3n) is 8.24. The van der Waals surface area contributed by atoms with Gasteiger partial charge in [0.25, 0.3) is 5.91 Å². The minimum atomic E-state index is -1.07. The standard InChI is InChI=1S/C26H31N7O3.C11H11N/c34-25(23-17-31-20(16-32-23)15-27-14-19-8-1-2-11-28-19)33-22(26(35)36)10-5-12-29-21-9-3-6-18-7-4-13-30-24(18)21;12-8-10-6-3-5-9-4-1-2-7-11(9)10/h1-2,4,7-8,11,13,16-17,21-22,27,29H,3,5-6,9-10,12,14-15H2,(H,33,34)(H,35,36);1-7H,8,12H2/t21?,22-;/m0./s1. The SMILES string of the molecule is NCc1cccc2ccccc12.O=C(N[C@@H](CCCNC1CCCc2cccnc21)C(=O)O)c1cnc(CNCc2ccccn2)cn1. The molecule has 11 heteroatoms. The highest BCUT2D eigenvalue weighted by atomic mass is 16.4. The summed E-state index contributed by atoms with van der Waals surface area (Å²) in [6.45, 7) is 2.31. The first-order valence-electron chi connectivity index (χ1n) is 16.3. The number of hydrogen-bond donors (Lipinski definition) is 5. The fourth-order valence-electron chi connectivity index (χ4n) is 5.74. The van der Waals surface area contributed by atoms with E-state index in [2.05, 4.69) is 66.2 Å². The number of nitrogens with two attached hydrogens (primary N) is 1. The summed E-state index contributed by atoms with van der Waals surface area (Å²) in [7, 11) is 0. The van der Waals surface area contributed by atoms with Crippen molar-refractivity contribution in [1.82, 2.24) is 35.9 Å². The molecule has 3 aromatic heterocycles. The Balaban J connectivity index is 0.000000313. The summed E-state index contributed by atoms with van der Waals surface area (Å²) in [4.78, 5) is 41.5. The lowest BCUT2D eigenvalue weighted by atomic mass is 9.92. The van der Waals surface area contributed by atoms with Crippen molar-refractivity contribution in [2.45, 2.75) is 63.8 Å². The molecule has 6 rings (SSSR count). The van der Waals surface area contributed by atoms with Crippen molar-refractivity contribution in [3.05, 3.63) is 131 Å². The van der Waals surface area contributed by atoms with Crippen molar-refractivity contribution in [3.63, 3.8) is 0 Å². The van der Waals surface area contributed by atoms with Gasteiger partial charge in [-0.25, -0.2) is 9.78 Å². The Morgan fingerprint density at radius 1 is 0.875 bits per heavy atom. The highest BCUT2D eigenvalue weighted by Gasteiger charge is 2.23. The van der Waals surface area contributed by atoms with Crippen molar-refractivity contribution in [2.24, 2.45) is 5.73 Å². The number of carboxylic acid groups (broad SMARTS) is 1. The van der Waals surface area contributed by atoms with E-state index in [0.717, 1.165) is 30.7 Å². The van der Waals surface area contributed by atoms with Crippen LogP contribution in [0.15, 0.2) is 97.6 Å². The molecule has 11 nitrogen and oxygen atoms in total. The van der Waals surface area contributed by atoms with E-state index in [0.29, 0.717) is 44.7 Å². The molecule has 248 valence electrons. The van der Waals surface area contributed by atoms with Crippen LogP contribution in [0.5, 0.6) is 0 Å². The molecular formula is C37H42N8O3. The van der Waals surface area contributed by atoms with E-state index in [9.17, 15) is 14.7 Å². The Kier molecular flexibility index (Phi) is 12.6. The van der Waals surface area contributed by atoms with Crippen LogP contribution in [-0.2, 0) is 30.8 Å². The Morgan fingerprint density at radius 3 is 2.48 bits per heavy atom. The first-order valence-corrected chi connectivity index (χ1v) is 16.3. The van der Waals surface area contributed by atoms with Gasteiger partial charge in [-0.15, -0.1) is 0 Å². The molecule has 3 heterocycles. The van der Waals surface area contributed by atoms with E-state index in [1.54, 1.807) is 6.20 Å². The summed E-state index contributed by atoms with van der Waals surface area (Å²) >= 11 is 0. The molecule has 0 bridgehead atoms. The molecular weight excluding hydrogens is 604 g/mol. The zero-order valence-electron chi connectivity index (χ0n) is 26.9. The van der Waals surface area contributed by atoms with Crippen LogP contribution in [0.25, 0.3) is 10.8 Å². The largest absolute Gasteiger partial charge is 0.480 e. The predicted octanol–water partition coefficient (Wildman–Crippen LogP) is 4.49. The first kappa shape index (κ1) is 34.2. The number of aryl methyl sites for hydroxylation is 1. The number of carbonyl (C=O) groups excluding carboxylic acids is 1. The van der Waals surface area contributed by atoms with Gasteiger partial charge in [-0.05, 0) is 78.7 Å². The Labute approximate surface area is 280 Å². The quantitative estimate of drug-likeness (QED) is 0.115. The maximum atomic E-state index is 12.6. The zero-order chi connectivity index (χ0) is 33.6. The topological polar surface area (TPSA) is 168 Å². The Hall–Kier alpha value is -5.10. The van der Waals surface area contributed by atoms with Crippen LogP contribution in [0, 0.1) is 0 Å². The van der Waals surface area contributed by atoms with Gasteiger partial charge in [0.1, 0.15) is 11.7 Å². The number of carboxylic acids is 1. The maximum Gasteiger partial charge on any atom is 0.326 e. The first-order chi connectivity index (χ1) is 23.5.